The first-order chi connectivity index (χ1) is 14.2. The lowest BCUT2D eigenvalue weighted by molar-refractivity contribution is -0.118. The number of thioether (sulfide) groups is 1. The Morgan fingerprint density at radius 2 is 1.97 bits per heavy atom. The predicted molar refractivity (Wildman–Crippen MR) is 114 cm³/mol. The minimum atomic E-state index is -0.230. The molecular formula is C20H15ClN6OS. The van der Waals surface area contributed by atoms with Crippen LogP contribution in [-0.4, -0.2) is 37.5 Å². The van der Waals surface area contributed by atoms with Crippen LogP contribution < -0.4 is 5.43 Å². The van der Waals surface area contributed by atoms with Gasteiger partial charge in [-0.25, -0.2) is 10.4 Å². The summed E-state index contributed by atoms with van der Waals surface area (Å²) in [6.45, 7) is 0. The number of halogens is 1. The SMILES string of the molecule is O=C(CSc1cc(-c2ccccc2)nc2ncnn12)N/N=C/c1ccc(Cl)cc1. The molecule has 2 heterocycles. The maximum atomic E-state index is 12.2. The van der Waals surface area contributed by atoms with E-state index in [9.17, 15) is 4.79 Å². The van der Waals surface area contributed by atoms with E-state index in [4.69, 9.17) is 11.6 Å². The van der Waals surface area contributed by atoms with E-state index >= 15 is 0 Å². The van der Waals surface area contributed by atoms with E-state index in [-0.39, 0.29) is 11.7 Å². The van der Waals surface area contributed by atoms with Crippen molar-refractivity contribution in [1.29, 1.82) is 0 Å². The molecule has 0 atom stereocenters. The molecule has 0 bridgehead atoms. The van der Waals surface area contributed by atoms with Gasteiger partial charge in [0.1, 0.15) is 11.4 Å². The normalized spacial score (nSPS) is 11.2. The van der Waals surface area contributed by atoms with Crippen molar-refractivity contribution >= 4 is 41.3 Å². The molecule has 0 radical (unpaired) electrons. The van der Waals surface area contributed by atoms with Crippen LogP contribution in [0.15, 0.2) is 77.1 Å². The Hall–Kier alpha value is -3.23. The van der Waals surface area contributed by atoms with Crippen molar-refractivity contribution in [2.45, 2.75) is 5.03 Å². The van der Waals surface area contributed by atoms with Crippen molar-refractivity contribution in [3.05, 3.63) is 77.6 Å². The first-order valence-corrected chi connectivity index (χ1v) is 10.0. The van der Waals surface area contributed by atoms with E-state index < -0.39 is 0 Å². The monoisotopic (exact) mass is 422 g/mol. The number of fused-ring (bicyclic) bond motifs is 1. The third kappa shape index (κ3) is 4.79. The van der Waals surface area contributed by atoms with Crippen molar-refractivity contribution in [2.75, 3.05) is 5.75 Å². The molecule has 0 aliphatic rings. The predicted octanol–water partition coefficient (Wildman–Crippen LogP) is 3.69. The van der Waals surface area contributed by atoms with Crippen LogP contribution in [0.2, 0.25) is 5.02 Å². The minimum Gasteiger partial charge on any atom is -0.272 e. The van der Waals surface area contributed by atoms with Gasteiger partial charge in [-0.15, -0.1) is 0 Å². The molecule has 0 aliphatic carbocycles. The summed E-state index contributed by atoms with van der Waals surface area (Å²) in [4.78, 5) is 20.9. The first-order valence-electron chi connectivity index (χ1n) is 8.65. The molecule has 2 aromatic heterocycles. The quantitative estimate of drug-likeness (QED) is 0.222. The lowest BCUT2D eigenvalue weighted by Crippen LogP contribution is -2.19. The Bertz CT molecular complexity index is 1160. The molecule has 4 aromatic rings. The van der Waals surface area contributed by atoms with Gasteiger partial charge in [0, 0.05) is 10.6 Å². The summed E-state index contributed by atoms with van der Waals surface area (Å²) in [5.74, 6) is 0.423. The van der Waals surface area contributed by atoms with Crippen molar-refractivity contribution in [1.82, 2.24) is 25.0 Å². The lowest BCUT2D eigenvalue weighted by Gasteiger charge is -2.07. The number of hydrogen-bond donors (Lipinski definition) is 1. The van der Waals surface area contributed by atoms with Crippen LogP contribution in [0.5, 0.6) is 0 Å². The van der Waals surface area contributed by atoms with Crippen LogP contribution in [0.3, 0.4) is 0 Å². The van der Waals surface area contributed by atoms with Gasteiger partial charge in [0.15, 0.2) is 0 Å². The van der Waals surface area contributed by atoms with Crippen molar-refractivity contribution in [3.8, 4) is 11.3 Å². The highest BCUT2D eigenvalue weighted by molar-refractivity contribution is 7.99. The highest BCUT2D eigenvalue weighted by atomic mass is 35.5. The van der Waals surface area contributed by atoms with Crippen LogP contribution in [-0.2, 0) is 4.79 Å². The van der Waals surface area contributed by atoms with Crippen LogP contribution in [0.25, 0.3) is 17.0 Å². The average molecular weight is 423 g/mol. The molecule has 0 saturated heterocycles. The number of hydrogen-bond acceptors (Lipinski definition) is 6. The topological polar surface area (TPSA) is 84.5 Å². The molecule has 0 fully saturated rings. The lowest BCUT2D eigenvalue weighted by atomic mass is 10.1. The molecule has 0 unspecified atom stereocenters. The summed E-state index contributed by atoms with van der Waals surface area (Å²) in [5, 5.41) is 9.58. The van der Waals surface area contributed by atoms with Gasteiger partial charge >= 0.3 is 0 Å². The molecule has 9 heteroatoms. The Balaban J connectivity index is 1.44. The maximum Gasteiger partial charge on any atom is 0.253 e. The zero-order valence-corrected chi connectivity index (χ0v) is 16.6. The number of nitrogens with zero attached hydrogens (tertiary/aromatic N) is 5. The van der Waals surface area contributed by atoms with Gasteiger partial charge in [0.2, 0.25) is 5.91 Å². The molecular weight excluding hydrogens is 408 g/mol. The van der Waals surface area contributed by atoms with E-state index in [1.54, 1.807) is 22.9 Å². The van der Waals surface area contributed by atoms with E-state index in [2.05, 4.69) is 25.6 Å². The molecule has 2 aromatic carbocycles. The number of aromatic nitrogens is 4. The zero-order valence-electron chi connectivity index (χ0n) is 15.1. The molecule has 0 spiro atoms. The van der Waals surface area contributed by atoms with Crippen LogP contribution in [0.1, 0.15) is 5.56 Å². The fourth-order valence-corrected chi connectivity index (χ4v) is 3.46. The van der Waals surface area contributed by atoms with Crippen molar-refractivity contribution in [2.24, 2.45) is 5.10 Å². The Kier molecular flexibility index (Phi) is 5.83. The average Bonchev–Trinajstić information content (AvgIpc) is 3.23. The zero-order chi connectivity index (χ0) is 20.1. The summed E-state index contributed by atoms with van der Waals surface area (Å²) in [5.41, 5.74) is 5.10. The molecule has 0 saturated carbocycles. The summed E-state index contributed by atoms with van der Waals surface area (Å²) < 4.78 is 1.61. The van der Waals surface area contributed by atoms with Gasteiger partial charge in [-0.3, -0.25) is 4.79 Å². The number of nitrogens with one attached hydrogen (secondary N) is 1. The molecule has 1 amide bonds. The minimum absolute atomic E-state index is 0.172. The van der Waals surface area contributed by atoms with Gasteiger partial charge in [-0.1, -0.05) is 65.8 Å². The Morgan fingerprint density at radius 3 is 2.76 bits per heavy atom. The fourth-order valence-electron chi connectivity index (χ4n) is 2.54. The van der Waals surface area contributed by atoms with Crippen molar-refractivity contribution < 1.29 is 4.79 Å². The number of benzene rings is 2. The van der Waals surface area contributed by atoms with Crippen molar-refractivity contribution in [3.63, 3.8) is 0 Å². The molecule has 0 aliphatic heterocycles. The Morgan fingerprint density at radius 1 is 1.17 bits per heavy atom. The van der Waals surface area contributed by atoms with Gasteiger partial charge < -0.3 is 0 Å². The standard InChI is InChI=1S/C20H15ClN6OS/c21-16-8-6-14(7-9-16)11-23-26-18(28)12-29-19-10-17(15-4-2-1-3-5-15)25-20-22-13-24-27(19)20/h1-11,13H,12H2,(H,26,28)/b23-11+. The second kappa shape index (κ2) is 8.85. The smallest absolute Gasteiger partial charge is 0.253 e. The molecule has 29 heavy (non-hydrogen) atoms. The maximum absolute atomic E-state index is 12.2. The Labute approximate surface area is 175 Å². The fraction of sp³-hybridized carbons (Fsp3) is 0.0500. The highest BCUT2D eigenvalue weighted by Crippen LogP contribution is 2.24. The summed E-state index contributed by atoms with van der Waals surface area (Å²) in [7, 11) is 0. The number of carbonyl (C=O) groups is 1. The van der Waals surface area contributed by atoms with Gasteiger partial charge in [-0.2, -0.15) is 19.7 Å². The van der Waals surface area contributed by atoms with Gasteiger partial charge in [0.05, 0.1) is 17.7 Å². The van der Waals surface area contributed by atoms with E-state index in [0.29, 0.717) is 10.8 Å². The second-order valence-electron chi connectivity index (χ2n) is 5.95. The summed E-state index contributed by atoms with van der Waals surface area (Å²) in [6.07, 6.45) is 3.01. The van der Waals surface area contributed by atoms with Crippen LogP contribution in [0, 0.1) is 0 Å². The molecule has 1 N–H and O–H groups in total. The summed E-state index contributed by atoms with van der Waals surface area (Å²) >= 11 is 7.18. The number of carbonyl (C=O) groups excluding carboxylic acids is 1. The van der Waals surface area contributed by atoms with Crippen LogP contribution >= 0.6 is 23.4 Å². The third-order valence-electron chi connectivity index (χ3n) is 3.91. The van der Waals surface area contributed by atoms with Gasteiger partial charge in [-0.05, 0) is 23.8 Å². The number of hydrazone groups is 1. The number of rotatable bonds is 6. The summed E-state index contributed by atoms with van der Waals surface area (Å²) in [6, 6.07) is 18.8. The number of amides is 1. The van der Waals surface area contributed by atoms with Gasteiger partial charge in [0.25, 0.3) is 5.78 Å². The first kappa shape index (κ1) is 19.1. The molecule has 7 nitrogen and oxygen atoms in total. The third-order valence-corrected chi connectivity index (χ3v) is 5.16. The van der Waals surface area contributed by atoms with E-state index in [0.717, 1.165) is 21.8 Å². The molecule has 144 valence electrons. The second-order valence-corrected chi connectivity index (χ2v) is 7.38. The molecule has 4 rings (SSSR count). The van der Waals surface area contributed by atoms with E-state index in [1.807, 2.05) is 48.5 Å². The highest BCUT2D eigenvalue weighted by Gasteiger charge is 2.11. The van der Waals surface area contributed by atoms with Crippen LogP contribution in [0.4, 0.5) is 0 Å². The van der Waals surface area contributed by atoms with E-state index in [1.165, 1.54) is 18.1 Å². The largest absolute Gasteiger partial charge is 0.272 e.